The van der Waals surface area contributed by atoms with Crippen LogP contribution in [-0.4, -0.2) is 30.1 Å². The van der Waals surface area contributed by atoms with Gasteiger partial charge in [-0.3, -0.25) is 4.79 Å². The minimum Gasteiger partial charge on any atom is -0.334 e. The summed E-state index contributed by atoms with van der Waals surface area (Å²) >= 11 is 0. The Hall–Kier alpha value is -2.15. The first-order valence-corrected chi connectivity index (χ1v) is 8.99. The van der Waals surface area contributed by atoms with E-state index in [0.717, 1.165) is 5.56 Å². The minimum absolute atomic E-state index is 0.148. The van der Waals surface area contributed by atoms with Gasteiger partial charge in [-0.05, 0) is 56.8 Å². The van der Waals surface area contributed by atoms with E-state index in [9.17, 15) is 14.0 Å². The number of fused-ring (bicyclic) bond motifs is 1. The molecule has 3 amide bonds. The second kappa shape index (κ2) is 8.03. The van der Waals surface area contributed by atoms with Gasteiger partial charge < -0.3 is 21.3 Å². The van der Waals surface area contributed by atoms with E-state index in [1.165, 1.54) is 0 Å². The van der Waals surface area contributed by atoms with E-state index in [0.29, 0.717) is 25.1 Å². The van der Waals surface area contributed by atoms with E-state index in [4.69, 9.17) is 0 Å². The highest BCUT2D eigenvalue weighted by molar-refractivity contribution is 5.97. The number of rotatable bonds is 4. The smallest absolute Gasteiger partial charge is 0.315 e. The van der Waals surface area contributed by atoms with Gasteiger partial charge >= 0.3 is 6.03 Å². The standard InChI is InChI=1S/C19H29FN4O2/c1-11(2)16(23-18(26)24-19(3,4)5)17(25)22-14-7-6-12-10-21-9-8-13(12)15(14)20/h6-7,11,16,21H,8-10H2,1-5H3,(H,22,25)(H2,23,24,26)/t16-/m0/s1. The van der Waals surface area contributed by atoms with Gasteiger partial charge in [0.15, 0.2) is 0 Å². The fourth-order valence-corrected chi connectivity index (χ4v) is 2.89. The lowest BCUT2D eigenvalue weighted by Gasteiger charge is -2.26. The van der Waals surface area contributed by atoms with Crippen molar-refractivity contribution in [2.45, 2.75) is 59.2 Å². The third-order valence-electron chi connectivity index (χ3n) is 4.19. The molecule has 0 aliphatic carbocycles. The van der Waals surface area contributed by atoms with Crippen molar-refractivity contribution in [3.63, 3.8) is 0 Å². The molecule has 144 valence electrons. The summed E-state index contributed by atoms with van der Waals surface area (Å²) in [6.45, 7) is 10.6. The van der Waals surface area contributed by atoms with Crippen LogP contribution in [0.2, 0.25) is 0 Å². The monoisotopic (exact) mass is 364 g/mol. The largest absolute Gasteiger partial charge is 0.334 e. The molecule has 2 rings (SSSR count). The Balaban J connectivity index is 2.12. The van der Waals surface area contributed by atoms with Gasteiger partial charge in [0.2, 0.25) is 5.91 Å². The van der Waals surface area contributed by atoms with E-state index in [-0.39, 0.29) is 17.4 Å². The molecule has 0 spiro atoms. The molecule has 0 bridgehead atoms. The molecule has 1 aliphatic heterocycles. The van der Waals surface area contributed by atoms with Crippen LogP contribution < -0.4 is 21.3 Å². The molecule has 1 aromatic carbocycles. The lowest BCUT2D eigenvalue weighted by molar-refractivity contribution is -0.118. The van der Waals surface area contributed by atoms with E-state index in [2.05, 4.69) is 21.3 Å². The number of hydrogen-bond donors (Lipinski definition) is 4. The molecule has 6 nitrogen and oxygen atoms in total. The van der Waals surface area contributed by atoms with Crippen molar-refractivity contribution in [2.75, 3.05) is 11.9 Å². The molecule has 1 heterocycles. The molecule has 0 unspecified atom stereocenters. The van der Waals surface area contributed by atoms with Gasteiger partial charge in [-0.2, -0.15) is 0 Å². The number of amides is 3. The molecule has 0 radical (unpaired) electrons. The summed E-state index contributed by atoms with van der Waals surface area (Å²) < 4.78 is 14.7. The zero-order valence-corrected chi connectivity index (χ0v) is 16.1. The number of anilines is 1. The summed E-state index contributed by atoms with van der Waals surface area (Å²) in [6.07, 6.45) is 0.588. The molecule has 7 heteroatoms. The van der Waals surface area contributed by atoms with Gasteiger partial charge in [-0.15, -0.1) is 0 Å². The summed E-state index contributed by atoms with van der Waals surface area (Å²) in [5.74, 6) is -0.971. The molecule has 4 N–H and O–H groups in total. The van der Waals surface area contributed by atoms with Crippen LogP contribution in [0.3, 0.4) is 0 Å². The van der Waals surface area contributed by atoms with Gasteiger partial charge in [-0.1, -0.05) is 19.9 Å². The second-order valence-electron chi connectivity index (χ2n) is 8.05. The van der Waals surface area contributed by atoms with Gasteiger partial charge in [0.25, 0.3) is 0 Å². The molecule has 1 aliphatic rings. The average molecular weight is 364 g/mol. The maximum absolute atomic E-state index is 14.7. The predicted octanol–water partition coefficient (Wildman–Crippen LogP) is 2.53. The number of urea groups is 1. The van der Waals surface area contributed by atoms with Crippen molar-refractivity contribution in [3.8, 4) is 0 Å². The molecule has 1 atom stereocenters. The molecule has 1 aromatic rings. The first-order chi connectivity index (χ1) is 12.1. The van der Waals surface area contributed by atoms with Crippen LogP contribution in [0, 0.1) is 11.7 Å². The highest BCUT2D eigenvalue weighted by Gasteiger charge is 2.27. The van der Waals surface area contributed by atoms with Crippen LogP contribution in [0.1, 0.15) is 45.7 Å². The Bertz CT molecular complexity index is 683. The summed E-state index contributed by atoms with van der Waals surface area (Å²) in [4.78, 5) is 24.7. The highest BCUT2D eigenvalue weighted by atomic mass is 19.1. The number of carbonyl (C=O) groups excluding carboxylic acids is 2. The van der Waals surface area contributed by atoms with Gasteiger partial charge in [0.1, 0.15) is 11.9 Å². The third kappa shape index (κ3) is 5.17. The Morgan fingerprint density at radius 2 is 1.92 bits per heavy atom. The molecule has 0 saturated heterocycles. The van der Waals surface area contributed by atoms with Crippen LogP contribution in [-0.2, 0) is 17.8 Å². The number of nitrogens with one attached hydrogen (secondary N) is 4. The van der Waals surface area contributed by atoms with E-state index in [1.807, 2.05) is 40.7 Å². The molecule has 0 aromatic heterocycles. The quantitative estimate of drug-likeness (QED) is 0.663. The van der Waals surface area contributed by atoms with E-state index < -0.39 is 23.5 Å². The van der Waals surface area contributed by atoms with Crippen LogP contribution in [0.15, 0.2) is 12.1 Å². The van der Waals surface area contributed by atoms with E-state index in [1.54, 1.807) is 6.07 Å². The lowest BCUT2D eigenvalue weighted by atomic mass is 9.99. The fourth-order valence-electron chi connectivity index (χ4n) is 2.89. The van der Waals surface area contributed by atoms with Crippen LogP contribution in [0.25, 0.3) is 0 Å². The third-order valence-corrected chi connectivity index (χ3v) is 4.19. The zero-order chi connectivity index (χ0) is 19.5. The first kappa shape index (κ1) is 20.2. The summed E-state index contributed by atoms with van der Waals surface area (Å²) in [7, 11) is 0. The van der Waals surface area contributed by atoms with Crippen LogP contribution in [0.5, 0.6) is 0 Å². The van der Waals surface area contributed by atoms with Crippen molar-refractivity contribution >= 4 is 17.6 Å². The van der Waals surface area contributed by atoms with Crippen molar-refractivity contribution in [3.05, 3.63) is 29.1 Å². The minimum atomic E-state index is -0.769. The topological polar surface area (TPSA) is 82.3 Å². The Labute approximate surface area is 154 Å². The van der Waals surface area contributed by atoms with Crippen LogP contribution >= 0.6 is 0 Å². The van der Waals surface area contributed by atoms with Crippen molar-refractivity contribution < 1.29 is 14.0 Å². The zero-order valence-electron chi connectivity index (χ0n) is 16.1. The highest BCUT2D eigenvalue weighted by Crippen LogP contribution is 2.25. The molecular weight excluding hydrogens is 335 g/mol. The maximum Gasteiger partial charge on any atom is 0.315 e. The number of halogens is 1. The Kier molecular flexibility index (Phi) is 6.23. The number of hydrogen-bond acceptors (Lipinski definition) is 3. The van der Waals surface area contributed by atoms with Crippen molar-refractivity contribution in [1.82, 2.24) is 16.0 Å². The maximum atomic E-state index is 14.7. The second-order valence-corrected chi connectivity index (χ2v) is 8.05. The Morgan fingerprint density at radius 1 is 1.23 bits per heavy atom. The SMILES string of the molecule is CC(C)[C@H](NC(=O)NC(C)(C)C)C(=O)Nc1ccc2c(c1F)CCNC2. The Morgan fingerprint density at radius 3 is 2.54 bits per heavy atom. The fraction of sp³-hybridized carbons (Fsp3) is 0.579. The first-order valence-electron chi connectivity index (χ1n) is 8.99. The molecule has 26 heavy (non-hydrogen) atoms. The van der Waals surface area contributed by atoms with Gasteiger partial charge in [0.05, 0.1) is 5.69 Å². The predicted molar refractivity (Wildman–Crippen MR) is 100 cm³/mol. The number of benzene rings is 1. The van der Waals surface area contributed by atoms with Crippen molar-refractivity contribution in [1.29, 1.82) is 0 Å². The molecular formula is C19H29FN4O2. The summed E-state index contributed by atoms with van der Waals surface area (Å²) in [5, 5.41) is 11.3. The van der Waals surface area contributed by atoms with Gasteiger partial charge in [0, 0.05) is 12.1 Å². The normalized spacial score (nSPS) is 15.2. The summed E-state index contributed by atoms with van der Waals surface area (Å²) in [5.41, 5.74) is 1.29. The molecule has 0 fully saturated rings. The lowest BCUT2D eigenvalue weighted by Crippen LogP contribution is -2.54. The van der Waals surface area contributed by atoms with Crippen LogP contribution in [0.4, 0.5) is 14.9 Å². The summed E-state index contributed by atoms with van der Waals surface area (Å²) in [6, 6.07) is 2.20. The van der Waals surface area contributed by atoms with E-state index >= 15 is 0 Å². The van der Waals surface area contributed by atoms with Crippen molar-refractivity contribution in [2.24, 2.45) is 5.92 Å². The average Bonchev–Trinajstić information content (AvgIpc) is 2.53. The number of carbonyl (C=O) groups is 2. The van der Waals surface area contributed by atoms with Gasteiger partial charge in [-0.25, -0.2) is 9.18 Å². The molecule has 0 saturated carbocycles.